The minimum absolute atomic E-state index is 0.0779. The molecule has 0 saturated heterocycles. The molecule has 0 spiro atoms. The second kappa shape index (κ2) is 8.52. The number of nitrogens with one attached hydrogen (secondary N) is 1. The van der Waals surface area contributed by atoms with Gasteiger partial charge in [0.1, 0.15) is 5.65 Å². The van der Waals surface area contributed by atoms with E-state index in [1.807, 2.05) is 18.2 Å². The Labute approximate surface area is 186 Å². The Bertz CT molecular complexity index is 1330. The lowest BCUT2D eigenvalue weighted by Crippen LogP contribution is -2.17. The van der Waals surface area contributed by atoms with Gasteiger partial charge in [-0.1, -0.05) is 29.8 Å². The first-order chi connectivity index (χ1) is 15.3. The second-order valence-corrected chi connectivity index (χ2v) is 7.41. The number of carboxylic acid groups (broad SMARTS) is 2. The van der Waals surface area contributed by atoms with E-state index in [1.54, 1.807) is 34.9 Å². The van der Waals surface area contributed by atoms with Crippen molar-refractivity contribution in [3.8, 4) is 11.3 Å². The van der Waals surface area contributed by atoms with Gasteiger partial charge in [-0.3, -0.25) is 4.79 Å². The zero-order valence-corrected chi connectivity index (χ0v) is 17.2. The number of anilines is 1. The Balaban J connectivity index is 1.69. The van der Waals surface area contributed by atoms with Crippen LogP contribution in [-0.4, -0.2) is 37.4 Å². The topological polar surface area (TPSA) is 121 Å². The van der Waals surface area contributed by atoms with Crippen LogP contribution in [0.4, 0.5) is 5.69 Å². The fourth-order valence-electron chi connectivity index (χ4n) is 3.36. The molecule has 160 valence electrons. The van der Waals surface area contributed by atoms with Crippen LogP contribution in [0.3, 0.4) is 0 Å². The minimum Gasteiger partial charge on any atom is -0.478 e. The first kappa shape index (κ1) is 21.1. The van der Waals surface area contributed by atoms with Crippen LogP contribution >= 0.6 is 11.6 Å². The van der Waals surface area contributed by atoms with Crippen LogP contribution in [0.2, 0.25) is 5.02 Å². The van der Waals surface area contributed by atoms with Gasteiger partial charge in [0.25, 0.3) is 0 Å². The predicted molar refractivity (Wildman–Crippen MR) is 118 cm³/mol. The number of carboxylic acids is 2. The third kappa shape index (κ3) is 4.30. The van der Waals surface area contributed by atoms with E-state index in [2.05, 4.69) is 10.3 Å². The largest absolute Gasteiger partial charge is 0.478 e. The van der Waals surface area contributed by atoms with Crippen molar-refractivity contribution in [2.24, 2.45) is 0 Å². The summed E-state index contributed by atoms with van der Waals surface area (Å²) >= 11 is 5.99. The van der Waals surface area contributed by atoms with Gasteiger partial charge < -0.3 is 19.9 Å². The quantitative estimate of drug-likeness (QED) is 0.405. The van der Waals surface area contributed by atoms with Gasteiger partial charge in [-0.2, -0.15) is 0 Å². The molecule has 0 radical (unpaired) electrons. The van der Waals surface area contributed by atoms with Crippen LogP contribution in [0.15, 0.2) is 66.9 Å². The summed E-state index contributed by atoms with van der Waals surface area (Å²) in [5, 5.41) is 21.6. The number of aromatic nitrogens is 2. The smallest absolute Gasteiger partial charge is 0.335 e. The number of amides is 1. The van der Waals surface area contributed by atoms with Crippen molar-refractivity contribution in [1.29, 1.82) is 0 Å². The highest BCUT2D eigenvalue weighted by Gasteiger charge is 2.18. The molecule has 0 fully saturated rings. The molecular formula is C23H16ClN3O5. The molecule has 0 aliphatic carbocycles. The van der Waals surface area contributed by atoms with Crippen LogP contribution in [0.25, 0.3) is 16.9 Å². The summed E-state index contributed by atoms with van der Waals surface area (Å²) < 4.78 is 1.79. The first-order valence-corrected chi connectivity index (χ1v) is 9.83. The fourth-order valence-corrected chi connectivity index (χ4v) is 3.48. The van der Waals surface area contributed by atoms with E-state index in [0.29, 0.717) is 22.1 Å². The molecule has 0 unspecified atom stereocenters. The van der Waals surface area contributed by atoms with Crippen molar-refractivity contribution < 1.29 is 24.6 Å². The van der Waals surface area contributed by atoms with E-state index in [0.717, 1.165) is 11.6 Å². The van der Waals surface area contributed by atoms with Crippen molar-refractivity contribution in [3.05, 3.63) is 88.7 Å². The maximum Gasteiger partial charge on any atom is 0.335 e. The van der Waals surface area contributed by atoms with E-state index < -0.39 is 17.8 Å². The van der Waals surface area contributed by atoms with Gasteiger partial charge in [0.05, 0.1) is 28.9 Å². The minimum atomic E-state index is -1.30. The van der Waals surface area contributed by atoms with Crippen LogP contribution < -0.4 is 5.32 Å². The summed E-state index contributed by atoms with van der Waals surface area (Å²) in [5.41, 5.74) is 2.26. The number of pyridine rings is 1. The molecule has 4 aromatic rings. The molecule has 32 heavy (non-hydrogen) atoms. The second-order valence-electron chi connectivity index (χ2n) is 6.98. The van der Waals surface area contributed by atoms with E-state index >= 15 is 0 Å². The zero-order valence-electron chi connectivity index (χ0n) is 16.4. The van der Waals surface area contributed by atoms with Gasteiger partial charge in [-0.05, 0) is 42.5 Å². The molecule has 9 heteroatoms. The van der Waals surface area contributed by atoms with Crippen molar-refractivity contribution in [3.63, 3.8) is 0 Å². The average molecular weight is 450 g/mol. The molecule has 2 heterocycles. The number of carbonyl (C=O) groups excluding carboxylic acids is 1. The molecule has 0 saturated carbocycles. The number of fused-ring (bicyclic) bond motifs is 1. The summed E-state index contributed by atoms with van der Waals surface area (Å²) in [6.45, 7) is 0. The number of rotatable bonds is 6. The maximum absolute atomic E-state index is 12.9. The van der Waals surface area contributed by atoms with Gasteiger partial charge in [0.15, 0.2) is 0 Å². The Morgan fingerprint density at radius 2 is 1.59 bits per heavy atom. The number of halogens is 1. The molecule has 4 rings (SSSR count). The van der Waals surface area contributed by atoms with Gasteiger partial charge in [-0.15, -0.1) is 0 Å². The average Bonchev–Trinajstić information content (AvgIpc) is 3.12. The van der Waals surface area contributed by atoms with Crippen LogP contribution in [0, 0.1) is 0 Å². The number of hydrogen-bond donors (Lipinski definition) is 3. The van der Waals surface area contributed by atoms with Gasteiger partial charge in [0.2, 0.25) is 5.91 Å². The van der Waals surface area contributed by atoms with E-state index in [4.69, 9.17) is 11.6 Å². The van der Waals surface area contributed by atoms with Crippen molar-refractivity contribution in [2.75, 3.05) is 5.32 Å². The summed E-state index contributed by atoms with van der Waals surface area (Å²) in [6, 6.07) is 16.0. The maximum atomic E-state index is 12.9. The number of imidazole rings is 1. The summed E-state index contributed by atoms with van der Waals surface area (Å²) in [7, 11) is 0. The molecule has 3 N–H and O–H groups in total. The molecule has 1 amide bonds. The highest BCUT2D eigenvalue weighted by molar-refractivity contribution is 6.30. The third-order valence-corrected chi connectivity index (χ3v) is 5.04. The molecule has 0 aliphatic rings. The normalized spacial score (nSPS) is 10.8. The molecule has 8 nitrogen and oxygen atoms in total. The van der Waals surface area contributed by atoms with Crippen LogP contribution in [-0.2, 0) is 11.2 Å². The number of benzene rings is 2. The highest BCUT2D eigenvalue weighted by Crippen LogP contribution is 2.27. The van der Waals surface area contributed by atoms with E-state index in [1.165, 1.54) is 12.1 Å². The van der Waals surface area contributed by atoms with Crippen molar-refractivity contribution >= 4 is 40.8 Å². The summed E-state index contributed by atoms with van der Waals surface area (Å²) in [6.07, 6.45) is 1.71. The summed E-state index contributed by atoms with van der Waals surface area (Å²) in [4.78, 5) is 40.1. The molecule has 2 aromatic carbocycles. The molecule has 0 aliphatic heterocycles. The van der Waals surface area contributed by atoms with E-state index in [-0.39, 0.29) is 23.2 Å². The Morgan fingerprint density at radius 1 is 0.938 bits per heavy atom. The van der Waals surface area contributed by atoms with Crippen molar-refractivity contribution in [1.82, 2.24) is 9.38 Å². The lowest BCUT2D eigenvalue weighted by atomic mass is 10.1. The molecule has 0 bridgehead atoms. The number of nitrogens with zero attached hydrogens (tertiary/aromatic N) is 2. The third-order valence-electron chi connectivity index (χ3n) is 4.79. The standard InChI is InChI=1S/C23H16ClN3O5/c24-16-6-4-13(5-7-16)21-18(27-8-2-1-3-19(27)26-21)12-20(28)25-17-10-14(22(29)30)9-15(11-17)23(31)32/h1-11H,12H2,(H,25,28)(H,29,30)(H,31,32). The molecular weight excluding hydrogens is 434 g/mol. The van der Waals surface area contributed by atoms with Crippen LogP contribution in [0.1, 0.15) is 26.4 Å². The monoisotopic (exact) mass is 449 g/mol. The molecule has 2 aromatic heterocycles. The highest BCUT2D eigenvalue weighted by atomic mass is 35.5. The number of aromatic carboxylic acids is 2. The summed E-state index contributed by atoms with van der Waals surface area (Å²) in [5.74, 6) is -3.05. The lowest BCUT2D eigenvalue weighted by Gasteiger charge is -2.09. The number of hydrogen-bond acceptors (Lipinski definition) is 4. The fraction of sp³-hybridized carbons (Fsp3) is 0.0435. The zero-order chi connectivity index (χ0) is 22.8. The Kier molecular flexibility index (Phi) is 5.61. The lowest BCUT2D eigenvalue weighted by molar-refractivity contribution is -0.115. The van der Waals surface area contributed by atoms with Gasteiger partial charge in [0, 0.05) is 22.5 Å². The first-order valence-electron chi connectivity index (χ1n) is 9.45. The van der Waals surface area contributed by atoms with Crippen LogP contribution in [0.5, 0.6) is 0 Å². The Hall–Kier alpha value is -4.17. The molecule has 0 atom stereocenters. The van der Waals surface area contributed by atoms with Crippen molar-refractivity contribution in [2.45, 2.75) is 6.42 Å². The Morgan fingerprint density at radius 3 is 2.22 bits per heavy atom. The predicted octanol–water partition coefficient (Wildman–Crippen LogP) is 4.23. The van der Waals surface area contributed by atoms with Gasteiger partial charge in [-0.25, -0.2) is 14.6 Å². The SMILES string of the molecule is O=C(Cc1c(-c2ccc(Cl)cc2)nc2ccccn12)Nc1cc(C(=O)O)cc(C(=O)O)c1. The van der Waals surface area contributed by atoms with Gasteiger partial charge >= 0.3 is 11.9 Å². The van der Waals surface area contributed by atoms with E-state index in [9.17, 15) is 24.6 Å². The number of carbonyl (C=O) groups is 3.